The van der Waals surface area contributed by atoms with Crippen molar-refractivity contribution in [2.24, 2.45) is 0 Å². The molecule has 26 heavy (non-hydrogen) atoms. The molecule has 1 aromatic carbocycles. The van der Waals surface area contributed by atoms with Gasteiger partial charge in [-0.05, 0) is 30.4 Å². The summed E-state index contributed by atoms with van der Waals surface area (Å²) in [6.07, 6.45) is 3.39. The van der Waals surface area contributed by atoms with Crippen molar-refractivity contribution in [3.05, 3.63) is 23.8 Å². The van der Waals surface area contributed by atoms with E-state index in [1.807, 2.05) is 23.1 Å². The Hall–Kier alpha value is -1.91. The third-order valence-corrected chi connectivity index (χ3v) is 4.89. The van der Waals surface area contributed by atoms with Gasteiger partial charge in [-0.15, -0.1) is 0 Å². The van der Waals surface area contributed by atoms with Gasteiger partial charge in [-0.1, -0.05) is 40.2 Å². The standard InChI is InChI=1S/C21H34N2O3/c1-6-7-12-25-20(24)23-11-10-17(13-15(23)2)26-19-14-16(22)8-9-18(19)21(3,4)5/h8-9,14-15,17H,6-7,10-13,22H2,1-5H3. The van der Waals surface area contributed by atoms with E-state index in [4.69, 9.17) is 15.2 Å². The smallest absolute Gasteiger partial charge is 0.409 e. The SMILES string of the molecule is CCCCOC(=O)N1CCC(Oc2cc(N)ccc2C(C)(C)C)CC1C. The number of likely N-dealkylation sites (tertiary alicyclic amines) is 1. The highest BCUT2D eigenvalue weighted by molar-refractivity contribution is 5.68. The summed E-state index contributed by atoms with van der Waals surface area (Å²) in [7, 11) is 0. The Morgan fingerprint density at radius 2 is 2.08 bits per heavy atom. The number of benzene rings is 1. The number of amides is 1. The Morgan fingerprint density at radius 3 is 2.69 bits per heavy atom. The number of carbonyl (C=O) groups excluding carboxylic acids is 1. The van der Waals surface area contributed by atoms with Crippen molar-refractivity contribution in [3.8, 4) is 5.75 Å². The van der Waals surface area contributed by atoms with E-state index in [1.54, 1.807) is 0 Å². The Balaban J connectivity index is 2.00. The summed E-state index contributed by atoms with van der Waals surface area (Å²) in [6.45, 7) is 11.8. The number of nitrogen functional groups attached to an aromatic ring is 1. The second-order valence-corrected chi connectivity index (χ2v) is 8.28. The van der Waals surface area contributed by atoms with Gasteiger partial charge in [0.05, 0.1) is 6.61 Å². The second-order valence-electron chi connectivity index (χ2n) is 8.28. The van der Waals surface area contributed by atoms with Crippen LogP contribution in [0.2, 0.25) is 0 Å². The van der Waals surface area contributed by atoms with E-state index in [0.717, 1.165) is 37.0 Å². The fourth-order valence-electron chi connectivity index (χ4n) is 3.33. The van der Waals surface area contributed by atoms with Gasteiger partial charge in [0.15, 0.2) is 0 Å². The van der Waals surface area contributed by atoms with Crippen LogP contribution in [-0.4, -0.2) is 36.3 Å². The maximum Gasteiger partial charge on any atom is 0.409 e. The molecule has 1 aliphatic heterocycles. The highest BCUT2D eigenvalue weighted by atomic mass is 16.6. The summed E-state index contributed by atoms with van der Waals surface area (Å²) < 4.78 is 11.7. The van der Waals surface area contributed by atoms with Gasteiger partial charge in [0.2, 0.25) is 0 Å². The number of carbonyl (C=O) groups is 1. The van der Waals surface area contributed by atoms with Crippen LogP contribution in [0.25, 0.3) is 0 Å². The van der Waals surface area contributed by atoms with Crippen LogP contribution < -0.4 is 10.5 Å². The lowest BCUT2D eigenvalue weighted by molar-refractivity contribution is 0.0421. The first-order chi connectivity index (χ1) is 12.2. The number of hydrogen-bond acceptors (Lipinski definition) is 4. The van der Waals surface area contributed by atoms with Crippen LogP contribution in [0, 0.1) is 0 Å². The van der Waals surface area contributed by atoms with Crippen LogP contribution in [0.3, 0.4) is 0 Å². The normalized spacial score (nSPS) is 20.7. The molecule has 2 N–H and O–H groups in total. The predicted molar refractivity (Wildman–Crippen MR) is 106 cm³/mol. The molecule has 1 fully saturated rings. The molecule has 1 aliphatic rings. The van der Waals surface area contributed by atoms with E-state index in [0.29, 0.717) is 18.8 Å². The summed E-state index contributed by atoms with van der Waals surface area (Å²) in [6, 6.07) is 5.98. The number of unbranched alkanes of at least 4 members (excludes halogenated alkanes) is 1. The van der Waals surface area contributed by atoms with Gasteiger partial charge in [-0.2, -0.15) is 0 Å². The van der Waals surface area contributed by atoms with Crippen LogP contribution in [0.5, 0.6) is 5.75 Å². The first-order valence-electron chi connectivity index (χ1n) is 9.72. The zero-order valence-corrected chi connectivity index (χ0v) is 16.9. The van der Waals surface area contributed by atoms with E-state index in [2.05, 4.69) is 34.6 Å². The molecule has 2 atom stereocenters. The molecule has 0 saturated carbocycles. The lowest BCUT2D eigenvalue weighted by Crippen LogP contribution is -2.47. The van der Waals surface area contributed by atoms with E-state index >= 15 is 0 Å². The summed E-state index contributed by atoms with van der Waals surface area (Å²) >= 11 is 0. The average Bonchev–Trinajstić information content (AvgIpc) is 2.54. The largest absolute Gasteiger partial charge is 0.490 e. The number of nitrogens with zero attached hydrogens (tertiary/aromatic N) is 1. The summed E-state index contributed by atoms with van der Waals surface area (Å²) in [5, 5.41) is 0. The van der Waals surface area contributed by atoms with Gasteiger partial charge >= 0.3 is 6.09 Å². The van der Waals surface area contributed by atoms with Crippen LogP contribution in [0.1, 0.15) is 65.9 Å². The van der Waals surface area contributed by atoms with Gasteiger partial charge in [0.25, 0.3) is 0 Å². The molecule has 1 aromatic rings. The maximum absolute atomic E-state index is 12.2. The summed E-state index contributed by atoms with van der Waals surface area (Å²) in [5.74, 6) is 0.855. The monoisotopic (exact) mass is 362 g/mol. The van der Waals surface area contributed by atoms with Crippen LogP contribution in [0.4, 0.5) is 10.5 Å². The molecule has 0 bridgehead atoms. The number of anilines is 1. The van der Waals surface area contributed by atoms with Crippen molar-refractivity contribution in [2.75, 3.05) is 18.9 Å². The third-order valence-electron chi connectivity index (χ3n) is 4.89. The maximum atomic E-state index is 12.2. The number of nitrogens with two attached hydrogens (primary N) is 1. The van der Waals surface area contributed by atoms with Crippen molar-refractivity contribution in [3.63, 3.8) is 0 Å². The molecule has 0 radical (unpaired) electrons. The minimum atomic E-state index is -0.205. The number of hydrogen-bond donors (Lipinski definition) is 1. The Morgan fingerprint density at radius 1 is 1.35 bits per heavy atom. The van der Waals surface area contributed by atoms with Gasteiger partial charge in [0.1, 0.15) is 11.9 Å². The molecule has 2 unspecified atom stereocenters. The van der Waals surface area contributed by atoms with Crippen molar-refractivity contribution in [2.45, 2.75) is 77.9 Å². The number of ether oxygens (including phenoxy) is 2. The molecule has 146 valence electrons. The fourth-order valence-corrected chi connectivity index (χ4v) is 3.33. The van der Waals surface area contributed by atoms with Gasteiger partial charge < -0.3 is 20.1 Å². The molecule has 5 nitrogen and oxygen atoms in total. The van der Waals surface area contributed by atoms with E-state index in [-0.39, 0.29) is 23.7 Å². The first kappa shape index (κ1) is 20.4. The Bertz CT molecular complexity index is 610. The topological polar surface area (TPSA) is 64.8 Å². The molecule has 1 saturated heterocycles. The quantitative estimate of drug-likeness (QED) is 0.607. The highest BCUT2D eigenvalue weighted by Crippen LogP contribution is 2.35. The van der Waals surface area contributed by atoms with Crippen LogP contribution in [-0.2, 0) is 10.2 Å². The number of rotatable bonds is 5. The molecule has 0 aromatic heterocycles. The molecular formula is C21H34N2O3. The first-order valence-corrected chi connectivity index (χ1v) is 9.72. The summed E-state index contributed by atoms with van der Waals surface area (Å²) in [4.78, 5) is 14.0. The highest BCUT2D eigenvalue weighted by Gasteiger charge is 2.31. The summed E-state index contributed by atoms with van der Waals surface area (Å²) in [5.41, 5.74) is 7.82. The molecule has 1 amide bonds. The van der Waals surface area contributed by atoms with Crippen molar-refractivity contribution in [1.29, 1.82) is 0 Å². The zero-order valence-electron chi connectivity index (χ0n) is 16.9. The second kappa shape index (κ2) is 8.65. The minimum absolute atomic E-state index is 0.0154. The molecule has 0 aliphatic carbocycles. The fraction of sp³-hybridized carbons (Fsp3) is 0.667. The van der Waals surface area contributed by atoms with Crippen LogP contribution in [0.15, 0.2) is 18.2 Å². The molecule has 0 spiro atoms. The zero-order chi connectivity index (χ0) is 19.3. The molecule has 2 rings (SSSR count). The van der Waals surface area contributed by atoms with Crippen molar-refractivity contribution >= 4 is 11.8 Å². The lowest BCUT2D eigenvalue weighted by Gasteiger charge is -2.37. The minimum Gasteiger partial charge on any atom is -0.490 e. The van der Waals surface area contributed by atoms with Crippen LogP contribution >= 0.6 is 0 Å². The average molecular weight is 363 g/mol. The van der Waals surface area contributed by atoms with Gasteiger partial charge in [-0.25, -0.2) is 4.79 Å². The Kier molecular flexibility index (Phi) is 6.79. The Labute approximate surface area is 157 Å². The van der Waals surface area contributed by atoms with Gasteiger partial charge in [0, 0.05) is 37.2 Å². The van der Waals surface area contributed by atoms with Gasteiger partial charge in [-0.3, -0.25) is 0 Å². The van der Waals surface area contributed by atoms with E-state index in [9.17, 15) is 4.79 Å². The van der Waals surface area contributed by atoms with E-state index < -0.39 is 0 Å². The number of piperidine rings is 1. The van der Waals surface area contributed by atoms with Crippen molar-refractivity contribution in [1.82, 2.24) is 4.90 Å². The molecular weight excluding hydrogens is 328 g/mol. The third kappa shape index (κ3) is 5.29. The lowest BCUT2D eigenvalue weighted by atomic mass is 9.86. The molecule has 5 heteroatoms. The predicted octanol–water partition coefficient (Wildman–Crippen LogP) is 4.73. The molecule has 1 heterocycles. The van der Waals surface area contributed by atoms with E-state index in [1.165, 1.54) is 0 Å². The van der Waals surface area contributed by atoms with Crippen molar-refractivity contribution < 1.29 is 14.3 Å².